The third-order valence-electron chi connectivity index (χ3n) is 4.45. The average Bonchev–Trinajstić information content (AvgIpc) is 3.15. The van der Waals surface area contributed by atoms with Crippen molar-refractivity contribution in [3.05, 3.63) is 65.5 Å². The first kappa shape index (κ1) is 20.5. The fraction of sp³-hybridized carbons (Fsp3) is 0.250. The highest BCUT2D eigenvalue weighted by atomic mass is 32.2. The Labute approximate surface area is 169 Å². The van der Waals surface area contributed by atoms with E-state index in [0.717, 1.165) is 21.7 Å². The van der Waals surface area contributed by atoms with E-state index in [2.05, 4.69) is 10.1 Å². The Morgan fingerprint density at radius 2 is 1.79 bits per heavy atom. The highest BCUT2D eigenvalue weighted by Crippen LogP contribution is 2.20. The molecule has 0 saturated heterocycles. The fourth-order valence-corrected chi connectivity index (χ4v) is 3.16. The molecule has 0 saturated carbocycles. The average molecular weight is 414 g/mol. The van der Waals surface area contributed by atoms with E-state index in [-0.39, 0.29) is 12.5 Å². The minimum Gasteiger partial charge on any atom is -0.337 e. The molecule has 1 heterocycles. The molecule has 29 heavy (non-hydrogen) atoms. The van der Waals surface area contributed by atoms with Crippen LogP contribution in [-0.2, 0) is 16.6 Å². The van der Waals surface area contributed by atoms with Crippen molar-refractivity contribution in [1.29, 1.82) is 0 Å². The van der Waals surface area contributed by atoms with E-state index < -0.39 is 10.0 Å². The van der Waals surface area contributed by atoms with Gasteiger partial charge in [0, 0.05) is 25.2 Å². The smallest absolute Gasteiger partial charge is 0.254 e. The number of rotatable bonds is 6. The van der Waals surface area contributed by atoms with Gasteiger partial charge in [-0.2, -0.15) is 4.98 Å². The summed E-state index contributed by atoms with van der Waals surface area (Å²) in [6.07, 6.45) is 1.11. The number of aromatic nitrogens is 2. The molecule has 1 aromatic heterocycles. The summed E-state index contributed by atoms with van der Waals surface area (Å²) >= 11 is 0. The van der Waals surface area contributed by atoms with E-state index in [9.17, 15) is 13.2 Å². The number of anilines is 1. The predicted octanol–water partition coefficient (Wildman–Crippen LogP) is 2.71. The Morgan fingerprint density at radius 3 is 2.45 bits per heavy atom. The first-order valence-electron chi connectivity index (χ1n) is 8.84. The minimum atomic E-state index is -3.42. The van der Waals surface area contributed by atoms with Gasteiger partial charge in [-0.15, -0.1) is 0 Å². The largest absolute Gasteiger partial charge is 0.337 e. The third-order valence-corrected chi connectivity index (χ3v) is 5.66. The van der Waals surface area contributed by atoms with Crippen molar-refractivity contribution in [2.45, 2.75) is 13.5 Å². The highest BCUT2D eigenvalue weighted by Gasteiger charge is 2.18. The van der Waals surface area contributed by atoms with E-state index in [1.54, 1.807) is 25.2 Å². The van der Waals surface area contributed by atoms with Crippen molar-refractivity contribution in [3.63, 3.8) is 0 Å². The van der Waals surface area contributed by atoms with Crippen molar-refractivity contribution in [2.24, 2.45) is 0 Å². The molecule has 0 aliphatic carbocycles. The molecule has 0 spiro atoms. The molecule has 0 N–H and O–H groups in total. The molecule has 1 amide bonds. The Kier molecular flexibility index (Phi) is 5.69. The standard InChI is InChI=1S/C20H22N4O4S/c1-14-8-10-15(11-9-14)19-21-18(28-22-19)13-23(2)20(25)16-6-5-7-17(12-16)24(3)29(4,26)27/h5-12H,13H2,1-4H3. The highest BCUT2D eigenvalue weighted by molar-refractivity contribution is 7.92. The van der Waals surface area contributed by atoms with Crippen molar-refractivity contribution in [1.82, 2.24) is 15.0 Å². The predicted molar refractivity (Wildman–Crippen MR) is 110 cm³/mol. The maximum absolute atomic E-state index is 12.8. The molecule has 0 bridgehead atoms. The first-order valence-corrected chi connectivity index (χ1v) is 10.7. The molecule has 8 nitrogen and oxygen atoms in total. The summed E-state index contributed by atoms with van der Waals surface area (Å²) in [5.41, 5.74) is 2.73. The molecule has 3 rings (SSSR count). The van der Waals surface area contributed by atoms with Crippen LogP contribution in [0.4, 0.5) is 5.69 Å². The van der Waals surface area contributed by atoms with Gasteiger partial charge in [0.25, 0.3) is 5.91 Å². The summed E-state index contributed by atoms with van der Waals surface area (Å²) < 4.78 is 29.8. The fourth-order valence-electron chi connectivity index (χ4n) is 2.66. The maximum Gasteiger partial charge on any atom is 0.254 e. The van der Waals surface area contributed by atoms with Crippen LogP contribution < -0.4 is 4.31 Å². The number of nitrogens with zero attached hydrogens (tertiary/aromatic N) is 4. The molecule has 152 valence electrons. The van der Waals surface area contributed by atoms with E-state index >= 15 is 0 Å². The van der Waals surface area contributed by atoms with Crippen LogP contribution in [0.25, 0.3) is 11.4 Å². The maximum atomic E-state index is 12.8. The topological polar surface area (TPSA) is 96.6 Å². The van der Waals surface area contributed by atoms with Crippen LogP contribution >= 0.6 is 0 Å². The van der Waals surface area contributed by atoms with Gasteiger partial charge in [-0.1, -0.05) is 41.1 Å². The first-order chi connectivity index (χ1) is 13.6. The van der Waals surface area contributed by atoms with E-state index in [1.807, 2.05) is 31.2 Å². The van der Waals surface area contributed by atoms with Gasteiger partial charge in [-0.05, 0) is 25.1 Å². The number of hydrogen-bond acceptors (Lipinski definition) is 6. The molecule has 0 atom stereocenters. The zero-order valence-corrected chi connectivity index (χ0v) is 17.5. The van der Waals surface area contributed by atoms with Gasteiger partial charge in [-0.25, -0.2) is 8.42 Å². The lowest BCUT2D eigenvalue weighted by Crippen LogP contribution is -2.28. The molecule has 0 fully saturated rings. The molecule has 0 unspecified atom stereocenters. The summed E-state index contributed by atoms with van der Waals surface area (Å²) in [4.78, 5) is 18.5. The minimum absolute atomic E-state index is 0.129. The van der Waals surface area contributed by atoms with Crippen LogP contribution in [-0.4, -0.2) is 49.7 Å². The number of carbonyl (C=O) groups excluding carboxylic acids is 1. The van der Waals surface area contributed by atoms with Gasteiger partial charge in [0.05, 0.1) is 18.5 Å². The van der Waals surface area contributed by atoms with Crippen LogP contribution in [0.5, 0.6) is 0 Å². The van der Waals surface area contributed by atoms with Crippen molar-refractivity contribution >= 4 is 21.6 Å². The summed E-state index contributed by atoms with van der Waals surface area (Å²) in [5.74, 6) is 0.474. The molecular formula is C20H22N4O4S. The Hall–Kier alpha value is -3.20. The zero-order valence-electron chi connectivity index (χ0n) is 16.7. The quantitative estimate of drug-likeness (QED) is 0.615. The monoisotopic (exact) mass is 414 g/mol. The lowest BCUT2D eigenvalue weighted by atomic mass is 10.1. The molecule has 9 heteroatoms. The second kappa shape index (κ2) is 8.04. The number of aryl methyl sites for hydroxylation is 1. The third kappa shape index (κ3) is 4.80. The van der Waals surface area contributed by atoms with Crippen LogP contribution in [0.3, 0.4) is 0 Å². The van der Waals surface area contributed by atoms with Gasteiger partial charge in [0.1, 0.15) is 0 Å². The van der Waals surface area contributed by atoms with Crippen molar-refractivity contribution < 1.29 is 17.7 Å². The Bertz CT molecular complexity index is 1120. The van der Waals surface area contributed by atoms with Crippen LogP contribution in [0.15, 0.2) is 53.1 Å². The summed E-state index contributed by atoms with van der Waals surface area (Å²) in [7, 11) is -0.364. The van der Waals surface area contributed by atoms with Gasteiger partial charge in [-0.3, -0.25) is 9.10 Å². The van der Waals surface area contributed by atoms with Gasteiger partial charge >= 0.3 is 0 Å². The van der Waals surface area contributed by atoms with Gasteiger partial charge in [0.15, 0.2) is 0 Å². The van der Waals surface area contributed by atoms with Gasteiger partial charge < -0.3 is 9.42 Å². The van der Waals surface area contributed by atoms with Crippen LogP contribution in [0.2, 0.25) is 0 Å². The molecule has 0 aliphatic heterocycles. The van der Waals surface area contributed by atoms with Crippen LogP contribution in [0, 0.1) is 6.92 Å². The van der Waals surface area contributed by atoms with Gasteiger partial charge in [0.2, 0.25) is 21.7 Å². The molecule has 0 aliphatic rings. The van der Waals surface area contributed by atoms with E-state index in [4.69, 9.17) is 4.52 Å². The zero-order chi connectivity index (χ0) is 21.2. The molecule has 3 aromatic rings. The summed E-state index contributed by atoms with van der Waals surface area (Å²) in [5, 5.41) is 3.97. The second-order valence-corrected chi connectivity index (χ2v) is 8.83. The van der Waals surface area contributed by atoms with E-state index in [1.165, 1.54) is 18.0 Å². The van der Waals surface area contributed by atoms with Crippen molar-refractivity contribution in [2.75, 3.05) is 24.7 Å². The summed E-state index contributed by atoms with van der Waals surface area (Å²) in [6, 6.07) is 14.2. The lowest BCUT2D eigenvalue weighted by molar-refractivity contribution is 0.0769. The molecule has 2 aromatic carbocycles. The number of carbonyl (C=O) groups is 1. The SMILES string of the molecule is Cc1ccc(-c2noc(CN(C)C(=O)c3cccc(N(C)S(C)(=O)=O)c3)n2)cc1. The van der Waals surface area contributed by atoms with Crippen LogP contribution in [0.1, 0.15) is 21.8 Å². The number of amides is 1. The Morgan fingerprint density at radius 1 is 1.10 bits per heavy atom. The van der Waals surface area contributed by atoms with Crippen molar-refractivity contribution in [3.8, 4) is 11.4 Å². The molecular weight excluding hydrogens is 392 g/mol. The molecule has 0 radical (unpaired) electrons. The normalized spacial score (nSPS) is 11.3. The number of benzene rings is 2. The second-order valence-electron chi connectivity index (χ2n) is 6.82. The lowest BCUT2D eigenvalue weighted by Gasteiger charge is -2.19. The Balaban J connectivity index is 1.74. The number of hydrogen-bond donors (Lipinski definition) is 0. The number of sulfonamides is 1. The van der Waals surface area contributed by atoms with E-state index in [0.29, 0.717) is 23.0 Å². The summed E-state index contributed by atoms with van der Waals surface area (Å²) in [6.45, 7) is 2.12.